The molecule has 0 heterocycles. The van der Waals surface area contributed by atoms with Crippen LogP contribution in [0, 0.1) is 5.92 Å². The fourth-order valence-electron chi connectivity index (χ4n) is 1.49. The average Bonchev–Trinajstić information content (AvgIpc) is 2.47. The fourth-order valence-corrected chi connectivity index (χ4v) is 1.91. The molecule has 9 heteroatoms. The van der Waals surface area contributed by atoms with Crippen LogP contribution >= 0.6 is 25.3 Å². The molecule has 2 amide bonds. The van der Waals surface area contributed by atoms with Crippen LogP contribution < -0.4 is 16.4 Å². The van der Waals surface area contributed by atoms with Gasteiger partial charge in [0.05, 0.1) is 6.04 Å². The first-order valence-electron chi connectivity index (χ1n) is 6.59. The number of carboxylic acids is 1. The quantitative estimate of drug-likeness (QED) is 0.310. The second-order valence-electron chi connectivity index (χ2n) is 4.74. The topological polar surface area (TPSA) is 122 Å². The first kappa shape index (κ1) is 20.1. The number of carbonyl (C=O) groups excluding carboxylic acids is 2. The van der Waals surface area contributed by atoms with Crippen molar-refractivity contribution in [1.82, 2.24) is 10.6 Å². The Kier molecular flexibility index (Phi) is 9.47. The fraction of sp³-hybridized carbons (Fsp3) is 0.750. The van der Waals surface area contributed by atoms with Crippen molar-refractivity contribution in [3.8, 4) is 0 Å². The van der Waals surface area contributed by atoms with Crippen molar-refractivity contribution in [1.29, 1.82) is 0 Å². The second kappa shape index (κ2) is 9.91. The average molecular weight is 337 g/mol. The van der Waals surface area contributed by atoms with Gasteiger partial charge in [-0.2, -0.15) is 25.3 Å². The van der Waals surface area contributed by atoms with E-state index in [0.29, 0.717) is 6.42 Å². The molecule has 0 rings (SSSR count). The van der Waals surface area contributed by atoms with Gasteiger partial charge in [0.2, 0.25) is 11.8 Å². The Morgan fingerprint density at radius 3 is 2.10 bits per heavy atom. The Bertz CT molecular complexity index is 382. The highest BCUT2D eigenvalue weighted by atomic mass is 32.1. The van der Waals surface area contributed by atoms with E-state index >= 15 is 0 Å². The maximum Gasteiger partial charge on any atom is 0.327 e. The van der Waals surface area contributed by atoms with Crippen molar-refractivity contribution in [3.63, 3.8) is 0 Å². The molecule has 0 radical (unpaired) electrons. The van der Waals surface area contributed by atoms with E-state index in [9.17, 15) is 14.4 Å². The molecule has 0 aromatic heterocycles. The highest BCUT2D eigenvalue weighted by Crippen LogP contribution is 2.09. The summed E-state index contributed by atoms with van der Waals surface area (Å²) in [6, 6.07) is -2.79. The number of aliphatic carboxylic acids is 1. The van der Waals surface area contributed by atoms with Crippen LogP contribution in [0.25, 0.3) is 0 Å². The lowest BCUT2D eigenvalue weighted by Crippen LogP contribution is -2.57. The predicted molar refractivity (Wildman–Crippen MR) is 86.6 cm³/mol. The van der Waals surface area contributed by atoms with Crippen molar-refractivity contribution < 1.29 is 19.5 Å². The molecule has 0 spiro atoms. The molecule has 7 nitrogen and oxygen atoms in total. The highest BCUT2D eigenvalue weighted by Gasteiger charge is 2.30. The van der Waals surface area contributed by atoms with Gasteiger partial charge in [-0.25, -0.2) is 4.79 Å². The molecular weight excluding hydrogens is 314 g/mol. The van der Waals surface area contributed by atoms with Crippen LogP contribution in [0.5, 0.6) is 0 Å². The zero-order valence-electron chi connectivity index (χ0n) is 12.1. The van der Waals surface area contributed by atoms with E-state index in [2.05, 4.69) is 35.9 Å². The zero-order chi connectivity index (χ0) is 16.6. The summed E-state index contributed by atoms with van der Waals surface area (Å²) in [5.74, 6) is -2.31. The van der Waals surface area contributed by atoms with Crippen molar-refractivity contribution in [3.05, 3.63) is 0 Å². The maximum absolute atomic E-state index is 12.2. The molecule has 0 aliphatic rings. The molecule has 0 saturated carbocycles. The molecular formula is C12H23N3O4S2. The lowest BCUT2D eigenvalue weighted by molar-refractivity contribution is -0.141. The van der Waals surface area contributed by atoms with Crippen molar-refractivity contribution in [2.45, 2.75) is 38.4 Å². The molecule has 4 atom stereocenters. The number of hydrogen-bond donors (Lipinski definition) is 6. The van der Waals surface area contributed by atoms with Crippen LogP contribution in [-0.2, 0) is 14.4 Å². The summed E-state index contributed by atoms with van der Waals surface area (Å²) >= 11 is 7.80. The van der Waals surface area contributed by atoms with Gasteiger partial charge in [-0.15, -0.1) is 0 Å². The van der Waals surface area contributed by atoms with Gasteiger partial charge < -0.3 is 21.5 Å². The number of rotatable bonds is 9. The smallest absolute Gasteiger partial charge is 0.327 e. The number of hydrogen-bond acceptors (Lipinski definition) is 6. The van der Waals surface area contributed by atoms with Crippen LogP contribution in [0.4, 0.5) is 0 Å². The Labute approximate surface area is 135 Å². The van der Waals surface area contributed by atoms with Crippen LogP contribution in [0.1, 0.15) is 20.3 Å². The highest BCUT2D eigenvalue weighted by molar-refractivity contribution is 7.80. The summed E-state index contributed by atoms with van der Waals surface area (Å²) in [7, 11) is 0. The minimum absolute atomic E-state index is 0.0433. The lowest BCUT2D eigenvalue weighted by Gasteiger charge is -2.26. The van der Waals surface area contributed by atoms with E-state index in [1.54, 1.807) is 6.92 Å². The van der Waals surface area contributed by atoms with E-state index < -0.39 is 35.9 Å². The number of thiol groups is 2. The predicted octanol–water partition coefficient (Wildman–Crippen LogP) is -0.726. The van der Waals surface area contributed by atoms with E-state index in [0.717, 1.165) is 0 Å². The van der Waals surface area contributed by atoms with E-state index in [4.69, 9.17) is 10.8 Å². The van der Waals surface area contributed by atoms with Crippen LogP contribution in [0.3, 0.4) is 0 Å². The number of nitrogens with two attached hydrogens (primary N) is 1. The van der Waals surface area contributed by atoms with Gasteiger partial charge in [-0.3, -0.25) is 9.59 Å². The normalized spacial score (nSPS) is 16.4. The van der Waals surface area contributed by atoms with E-state index in [1.807, 2.05) is 6.92 Å². The standard InChI is InChI=1S/C12H23N3O4S2/c1-3-6(2)9(15-10(16)7(13)4-20)11(17)14-8(5-21)12(18)19/h6-9,20-21H,3-5,13H2,1-2H3,(H,14,17)(H,15,16)(H,18,19). The first-order chi connectivity index (χ1) is 9.78. The number of carbonyl (C=O) groups is 3. The lowest BCUT2D eigenvalue weighted by atomic mass is 9.97. The minimum Gasteiger partial charge on any atom is -0.480 e. The molecule has 0 aliphatic heterocycles. The van der Waals surface area contributed by atoms with Crippen LogP contribution in [0.15, 0.2) is 0 Å². The summed E-state index contributed by atoms with van der Waals surface area (Å²) in [6.45, 7) is 3.65. The molecule has 4 unspecified atom stereocenters. The summed E-state index contributed by atoms with van der Waals surface area (Å²) in [6.07, 6.45) is 0.632. The molecule has 0 saturated heterocycles. The molecule has 0 aromatic rings. The third-order valence-electron chi connectivity index (χ3n) is 3.12. The Morgan fingerprint density at radius 2 is 1.71 bits per heavy atom. The van der Waals surface area contributed by atoms with E-state index in [-0.39, 0.29) is 17.4 Å². The summed E-state index contributed by atoms with van der Waals surface area (Å²) in [5, 5.41) is 13.8. The van der Waals surface area contributed by atoms with Gasteiger partial charge in [0, 0.05) is 11.5 Å². The monoisotopic (exact) mass is 337 g/mol. The molecule has 21 heavy (non-hydrogen) atoms. The first-order valence-corrected chi connectivity index (χ1v) is 7.85. The van der Waals surface area contributed by atoms with E-state index in [1.165, 1.54) is 0 Å². The molecule has 0 bridgehead atoms. The van der Waals surface area contributed by atoms with Crippen LogP contribution in [0.2, 0.25) is 0 Å². The third kappa shape index (κ3) is 6.58. The number of nitrogens with one attached hydrogen (secondary N) is 2. The van der Waals surface area contributed by atoms with Gasteiger partial charge in [-0.05, 0) is 5.92 Å². The SMILES string of the molecule is CCC(C)C(NC(=O)C(N)CS)C(=O)NC(CS)C(=O)O. The Hall–Kier alpha value is -0.930. The number of carboxylic acid groups (broad SMARTS) is 1. The summed E-state index contributed by atoms with van der Waals surface area (Å²) < 4.78 is 0. The largest absolute Gasteiger partial charge is 0.480 e. The Balaban J connectivity index is 4.94. The van der Waals surface area contributed by atoms with Crippen LogP contribution in [-0.4, -0.2) is 52.5 Å². The summed E-state index contributed by atoms with van der Waals surface area (Å²) in [4.78, 5) is 34.9. The number of amides is 2. The maximum atomic E-state index is 12.2. The second-order valence-corrected chi connectivity index (χ2v) is 5.47. The van der Waals surface area contributed by atoms with Gasteiger partial charge in [0.25, 0.3) is 0 Å². The zero-order valence-corrected chi connectivity index (χ0v) is 13.9. The van der Waals surface area contributed by atoms with Gasteiger partial charge in [0.1, 0.15) is 12.1 Å². The van der Waals surface area contributed by atoms with Gasteiger partial charge in [0.15, 0.2) is 0 Å². The van der Waals surface area contributed by atoms with Gasteiger partial charge in [-0.1, -0.05) is 20.3 Å². The molecule has 122 valence electrons. The van der Waals surface area contributed by atoms with Crippen molar-refractivity contribution in [2.75, 3.05) is 11.5 Å². The summed E-state index contributed by atoms with van der Waals surface area (Å²) in [5.41, 5.74) is 5.56. The minimum atomic E-state index is -1.18. The molecule has 0 aliphatic carbocycles. The van der Waals surface area contributed by atoms with Gasteiger partial charge >= 0.3 is 5.97 Å². The third-order valence-corrected chi connectivity index (χ3v) is 3.88. The molecule has 5 N–H and O–H groups in total. The van der Waals surface area contributed by atoms with Crippen molar-refractivity contribution in [2.24, 2.45) is 11.7 Å². The van der Waals surface area contributed by atoms with Crippen molar-refractivity contribution >= 4 is 43.0 Å². The molecule has 0 fully saturated rings. The Morgan fingerprint density at radius 1 is 1.14 bits per heavy atom. The molecule has 0 aromatic carbocycles.